The van der Waals surface area contributed by atoms with E-state index in [1.165, 1.54) is 36.9 Å². The van der Waals surface area contributed by atoms with Crippen LogP contribution in [0.5, 0.6) is 0 Å². The molecule has 19 heavy (non-hydrogen) atoms. The van der Waals surface area contributed by atoms with Crippen molar-refractivity contribution in [2.45, 2.75) is 32.7 Å². The minimum absolute atomic E-state index is 0.625. The summed E-state index contributed by atoms with van der Waals surface area (Å²) in [4.78, 5) is 0. The smallest absolute Gasteiger partial charge is 0.0205 e. The fraction of sp³-hybridized carbons (Fsp3) is 0.444. The summed E-state index contributed by atoms with van der Waals surface area (Å²) < 4.78 is 0. The Morgan fingerprint density at radius 3 is 2.63 bits per heavy atom. The van der Waals surface area contributed by atoms with Crippen molar-refractivity contribution >= 4 is 5.57 Å². The van der Waals surface area contributed by atoms with Crippen molar-refractivity contribution < 1.29 is 0 Å². The molecular weight excluding hydrogens is 230 g/mol. The maximum atomic E-state index is 3.97. The Bertz CT molecular complexity index is 580. The third kappa shape index (κ3) is 1.58. The summed E-state index contributed by atoms with van der Waals surface area (Å²) in [6, 6.07) is 8.78. The summed E-state index contributed by atoms with van der Waals surface area (Å²) in [5, 5.41) is 3.67. The van der Waals surface area contributed by atoms with Crippen molar-refractivity contribution in [1.82, 2.24) is 5.32 Å². The quantitative estimate of drug-likeness (QED) is 0.782. The first-order valence-corrected chi connectivity index (χ1v) is 7.30. The molecule has 2 atom stereocenters. The normalized spacial score (nSPS) is 33.4. The molecule has 2 fully saturated rings. The molecule has 0 amide bonds. The molecule has 0 saturated heterocycles. The van der Waals surface area contributed by atoms with Crippen molar-refractivity contribution in [3.05, 3.63) is 53.6 Å². The summed E-state index contributed by atoms with van der Waals surface area (Å²) in [6.07, 6.45) is 6.67. The lowest BCUT2D eigenvalue weighted by Crippen LogP contribution is -2.24. The third-order valence-electron chi connectivity index (χ3n) is 5.49. The van der Waals surface area contributed by atoms with E-state index in [1.54, 1.807) is 5.57 Å². The van der Waals surface area contributed by atoms with Gasteiger partial charge < -0.3 is 5.32 Å². The molecule has 4 rings (SSSR count). The average Bonchev–Trinajstić information content (AvgIpc) is 3.26. The van der Waals surface area contributed by atoms with Crippen LogP contribution in [-0.2, 0) is 6.54 Å². The molecule has 2 unspecified atom stereocenters. The third-order valence-corrected chi connectivity index (χ3v) is 5.49. The van der Waals surface area contributed by atoms with Crippen LogP contribution < -0.4 is 5.32 Å². The molecule has 0 aromatic heterocycles. The molecular formula is C18H21N. The molecule has 1 aromatic rings. The lowest BCUT2D eigenvalue weighted by Gasteiger charge is -2.14. The predicted molar refractivity (Wildman–Crippen MR) is 79.7 cm³/mol. The SMILES string of the molecule is C=C(C)c1ccc(CNCC23CC=C4CC42C3)cc1. The van der Waals surface area contributed by atoms with Crippen molar-refractivity contribution in [1.29, 1.82) is 0 Å². The fourth-order valence-electron chi connectivity index (χ4n) is 4.03. The molecule has 1 heteroatoms. The molecule has 1 nitrogen and oxygen atoms in total. The summed E-state index contributed by atoms with van der Waals surface area (Å²) in [5.41, 5.74) is 6.84. The maximum Gasteiger partial charge on any atom is 0.0205 e. The Hall–Kier alpha value is -1.34. The van der Waals surface area contributed by atoms with E-state index < -0.39 is 0 Å². The second-order valence-corrected chi connectivity index (χ2v) is 6.73. The second-order valence-electron chi connectivity index (χ2n) is 6.73. The molecule has 3 aliphatic rings. The van der Waals surface area contributed by atoms with Crippen molar-refractivity contribution in [2.24, 2.45) is 10.8 Å². The van der Waals surface area contributed by atoms with Gasteiger partial charge in [0.15, 0.2) is 0 Å². The van der Waals surface area contributed by atoms with E-state index in [0.717, 1.165) is 12.1 Å². The number of nitrogens with one attached hydrogen (secondary N) is 1. The molecule has 0 bridgehead atoms. The molecule has 3 aliphatic carbocycles. The van der Waals surface area contributed by atoms with Gasteiger partial charge in [-0.3, -0.25) is 0 Å². The molecule has 0 radical (unpaired) electrons. The zero-order valence-electron chi connectivity index (χ0n) is 11.6. The van der Waals surface area contributed by atoms with Gasteiger partial charge in [-0.05, 0) is 42.7 Å². The van der Waals surface area contributed by atoms with Gasteiger partial charge in [-0.2, -0.15) is 0 Å². The van der Waals surface area contributed by atoms with Crippen LogP contribution in [0.3, 0.4) is 0 Å². The Balaban J connectivity index is 1.32. The minimum Gasteiger partial charge on any atom is -0.312 e. The van der Waals surface area contributed by atoms with Crippen molar-refractivity contribution in [3.63, 3.8) is 0 Å². The highest BCUT2D eigenvalue weighted by atomic mass is 15.0. The topological polar surface area (TPSA) is 12.0 Å². The number of allylic oxidation sites excluding steroid dienone is 3. The van der Waals surface area contributed by atoms with E-state index >= 15 is 0 Å². The largest absolute Gasteiger partial charge is 0.312 e. The van der Waals surface area contributed by atoms with Gasteiger partial charge in [0.05, 0.1) is 0 Å². The van der Waals surface area contributed by atoms with Crippen LogP contribution >= 0.6 is 0 Å². The molecule has 1 aromatic carbocycles. The van der Waals surface area contributed by atoms with Crippen LogP contribution in [0.2, 0.25) is 0 Å². The average molecular weight is 251 g/mol. The molecule has 0 aliphatic heterocycles. The summed E-state index contributed by atoms with van der Waals surface area (Å²) in [7, 11) is 0. The first kappa shape index (κ1) is 11.5. The van der Waals surface area contributed by atoms with Crippen molar-refractivity contribution in [2.75, 3.05) is 6.54 Å². The van der Waals surface area contributed by atoms with Gasteiger partial charge in [-0.25, -0.2) is 0 Å². The zero-order valence-corrected chi connectivity index (χ0v) is 11.6. The van der Waals surface area contributed by atoms with Crippen LogP contribution in [0.4, 0.5) is 0 Å². The Kier molecular flexibility index (Phi) is 2.18. The maximum absolute atomic E-state index is 3.97. The molecule has 1 spiro atoms. The highest BCUT2D eigenvalue weighted by molar-refractivity contribution is 5.61. The Morgan fingerprint density at radius 1 is 1.32 bits per heavy atom. The standard InChI is InChI=1S/C18H21N/c1-13(2)15-5-3-14(4-6-15)10-19-12-17-8-7-16-9-18(16,17)11-17/h3-7,19H,1,8-12H2,2H3. The lowest BCUT2D eigenvalue weighted by molar-refractivity contribution is 0.429. The van der Waals surface area contributed by atoms with E-state index in [0.29, 0.717) is 10.8 Å². The van der Waals surface area contributed by atoms with Gasteiger partial charge in [-0.15, -0.1) is 0 Å². The Morgan fingerprint density at radius 2 is 2.11 bits per heavy atom. The van der Waals surface area contributed by atoms with Gasteiger partial charge in [0.25, 0.3) is 0 Å². The van der Waals surface area contributed by atoms with Crippen LogP contribution in [0.1, 0.15) is 37.3 Å². The molecule has 98 valence electrons. The van der Waals surface area contributed by atoms with E-state index in [1.807, 2.05) is 0 Å². The number of benzene rings is 1. The zero-order chi connectivity index (χ0) is 13.1. The monoisotopic (exact) mass is 251 g/mol. The van der Waals surface area contributed by atoms with Crippen molar-refractivity contribution in [3.8, 4) is 0 Å². The van der Waals surface area contributed by atoms with Gasteiger partial charge in [0, 0.05) is 18.5 Å². The summed E-state index contributed by atoms with van der Waals surface area (Å²) >= 11 is 0. The van der Waals surface area contributed by atoms with Crippen LogP contribution in [-0.4, -0.2) is 6.54 Å². The molecule has 0 heterocycles. The summed E-state index contributed by atoms with van der Waals surface area (Å²) in [5.74, 6) is 0. The van der Waals surface area contributed by atoms with Crippen LogP contribution in [0.15, 0.2) is 42.5 Å². The van der Waals surface area contributed by atoms with E-state index in [4.69, 9.17) is 0 Å². The van der Waals surface area contributed by atoms with E-state index in [2.05, 4.69) is 49.2 Å². The lowest BCUT2D eigenvalue weighted by atomic mass is 10.0. The van der Waals surface area contributed by atoms with E-state index in [9.17, 15) is 0 Å². The number of hydrogen-bond acceptors (Lipinski definition) is 1. The fourth-order valence-corrected chi connectivity index (χ4v) is 4.03. The Labute approximate surface area is 115 Å². The van der Waals surface area contributed by atoms with Gasteiger partial charge in [-0.1, -0.05) is 48.1 Å². The predicted octanol–water partition coefficient (Wildman–Crippen LogP) is 3.92. The van der Waals surface area contributed by atoms with Crippen LogP contribution in [0, 0.1) is 10.8 Å². The summed E-state index contributed by atoms with van der Waals surface area (Å²) in [6.45, 7) is 8.21. The van der Waals surface area contributed by atoms with Gasteiger partial charge in [0.1, 0.15) is 0 Å². The second kappa shape index (κ2) is 3.61. The minimum atomic E-state index is 0.625. The highest BCUT2D eigenvalue weighted by Gasteiger charge is 2.78. The number of rotatable bonds is 5. The first-order valence-electron chi connectivity index (χ1n) is 7.30. The highest BCUT2D eigenvalue weighted by Crippen LogP contribution is 2.86. The van der Waals surface area contributed by atoms with Gasteiger partial charge in [0.2, 0.25) is 0 Å². The number of hydrogen-bond donors (Lipinski definition) is 1. The van der Waals surface area contributed by atoms with E-state index in [-0.39, 0.29) is 0 Å². The first-order chi connectivity index (χ1) is 9.15. The van der Waals surface area contributed by atoms with Gasteiger partial charge >= 0.3 is 0 Å². The van der Waals surface area contributed by atoms with Crippen LogP contribution in [0.25, 0.3) is 5.57 Å². The molecule has 1 N–H and O–H groups in total. The molecule has 2 saturated carbocycles.